The lowest BCUT2D eigenvalue weighted by molar-refractivity contribution is -0.142. The molecule has 3 rings (SSSR count). The summed E-state index contributed by atoms with van der Waals surface area (Å²) < 4.78 is 28.6. The first kappa shape index (κ1) is 23.7. The van der Waals surface area contributed by atoms with Crippen LogP contribution in [0.4, 0.5) is 8.78 Å². The molecule has 2 aromatic carbocycles. The van der Waals surface area contributed by atoms with Gasteiger partial charge in [0.2, 0.25) is 0 Å². The van der Waals surface area contributed by atoms with Crippen molar-refractivity contribution < 1.29 is 28.6 Å². The molecule has 0 radical (unpaired) electrons. The van der Waals surface area contributed by atoms with Crippen LogP contribution < -0.4 is 5.32 Å². The number of hydrogen-bond donors (Lipinski definition) is 3. The number of benzene rings is 2. The minimum atomic E-state index is -3.08. The zero-order chi connectivity index (χ0) is 23.7. The Labute approximate surface area is 185 Å². The zero-order valence-electron chi connectivity index (χ0n) is 18.3. The topological polar surface area (TPSA) is 89.9 Å². The van der Waals surface area contributed by atoms with E-state index in [4.69, 9.17) is 0 Å². The number of alkyl halides is 2. The van der Waals surface area contributed by atoms with E-state index in [1.54, 1.807) is 31.2 Å². The predicted molar refractivity (Wildman–Crippen MR) is 116 cm³/mol. The molecule has 1 aliphatic rings. The number of carbonyl (C=O) groups excluding carboxylic acids is 2. The summed E-state index contributed by atoms with van der Waals surface area (Å²) in [5.41, 5.74) is -0.120. The summed E-state index contributed by atoms with van der Waals surface area (Å²) in [5.74, 6) is -4.59. The van der Waals surface area contributed by atoms with Gasteiger partial charge < -0.3 is 20.4 Å². The van der Waals surface area contributed by atoms with Crippen molar-refractivity contribution in [1.29, 1.82) is 0 Å². The molecule has 0 spiro atoms. The zero-order valence-corrected chi connectivity index (χ0v) is 18.3. The van der Waals surface area contributed by atoms with Gasteiger partial charge in [0.15, 0.2) is 6.10 Å². The van der Waals surface area contributed by atoms with Gasteiger partial charge in [0.05, 0.1) is 12.6 Å². The molecule has 2 unspecified atom stereocenters. The van der Waals surface area contributed by atoms with Gasteiger partial charge in [0.25, 0.3) is 17.7 Å². The summed E-state index contributed by atoms with van der Waals surface area (Å²) in [7, 11) is 0. The maximum Gasteiger partial charge on any atom is 0.271 e. The van der Waals surface area contributed by atoms with Crippen molar-refractivity contribution >= 4 is 11.8 Å². The fourth-order valence-electron chi connectivity index (χ4n) is 3.84. The number of carbonyl (C=O) groups is 2. The lowest BCUT2D eigenvalue weighted by Crippen LogP contribution is -2.52. The standard InChI is InChI=1S/C24H28F2N2O4/c1-15-17(10-7-11-19(15)29)21(31)27-18(12-16-8-5-4-6-9-16)20(30)22(32)28-13-23(2,3)24(25,26)14-28/h4-11,18,20,29-30H,12-14H2,1-3H3,(H,27,31). The van der Waals surface area contributed by atoms with Crippen LogP contribution in [0.15, 0.2) is 48.5 Å². The molecule has 6 nitrogen and oxygen atoms in total. The molecule has 1 fully saturated rings. The van der Waals surface area contributed by atoms with Gasteiger partial charge in [0, 0.05) is 23.1 Å². The molecule has 2 aromatic rings. The molecule has 0 aliphatic carbocycles. The van der Waals surface area contributed by atoms with Crippen LogP contribution in [-0.4, -0.2) is 58.1 Å². The highest BCUT2D eigenvalue weighted by Crippen LogP contribution is 2.43. The fourth-order valence-corrected chi connectivity index (χ4v) is 3.84. The van der Waals surface area contributed by atoms with E-state index in [2.05, 4.69) is 5.32 Å². The Morgan fingerprint density at radius 1 is 1.09 bits per heavy atom. The van der Waals surface area contributed by atoms with Gasteiger partial charge in [-0.25, -0.2) is 8.78 Å². The minimum absolute atomic E-state index is 0.0598. The molecule has 0 aromatic heterocycles. The van der Waals surface area contributed by atoms with Crippen molar-refractivity contribution in [2.24, 2.45) is 5.41 Å². The molecule has 32 heavy (non-hydrogen) atoms. The van der Waals surface area contributed by atoms with Crippen LogP contribution in [-0.2, 0) is 11.2 Å². The van der Waals surface area contributed by atoms with Crippen LogP contribution in [0, 0.1) is 12.3 Å². The van der Waals surface area contributed by atoms with Crippen molar-refractivity contribution in [3.8, 4) is 5.75 Å². The summed E-state index contributed by atoms with van der Waals surface area (Å²) in [4.78, 5) is 26.8. The molecule has 3 N–H and O–H groups in total. The molecule has 2 amide bonds. The number of hydrogen-bond acceptors (Lipinski definition) is 4. The van der Waals surface area contributed by atoms with Crippen molar-refractivity contribution in [3.63, 3.8) is 0 Å². The summed E-state index contributed by atoms with van der Waals surface area (Å²) in [6.07, 6.45) is -1.60. The Morgan fingerprint density at radius 2 is 1.75 bits per heavy atom. The number of likely N-dealkylation sites (tertiary alicyclic amines) is 1. The normalized spacial score (nSPS) is 18.8. The van der Waals surface area contributed by atoms with Crippen molar-refractivity contribution in [1.82, 2.24) is 10.2 Å². The first-order valence-corrected chi connectivity index (χ1v) is 10.4. The highest BCUT2D eigenvalue weighted by atomic mass is 19.3. The molecule has 8 heteroatoms. The third-order valence-electron chi connectivity index (χ3n) is 6.08. The third kappa shape index (κ3) is 4.75. The highest BCUT2D eigenvalue weighted by molar-refractivity contribution is 5.97. The Balaban J connectivity index is 1.84. The van der Waals surface area contributed by atoms with Crippen molar-refractivity contribution in [2.45, 2.75) is 45.3 Å². The first-order chi connectivity index (χ1) is 14.9. The molecule has 1 heterocycles. The van der Waals surface area contributed by atoms with Gasteiger partial charge in [0.1, 0.15) is 5.75 Å². The number of phenolic OH excluding ortho intramolecular Hbond substituents is 1. The van der Waals surface area contributed by atoms with Crippen LogP contribution in [0.5, 0.6) is 5.75 Å². The molecule has 172 valence electrons. The van der Waals surface area contributed by atoms with E-state index < -0.39 is 41.8 Å². The molecular formula is C24H28F2N2O4. The smallest absolute Gasteiger partial charge is 0.271 e. The SMILES string of the molecule is Cc1c(O)cccc1C(=O)NC(Cc1ccccc1)C(O)C(=O)N1CC(C)(C)C(F)(F)C1. The van der Waals surface area contributed by atoms with Crippen molar-refractivity contribution in [2.75, 3.05) is 13.1 Å². The molecule has 1 saturated heterocycles. The Hall–Kier alpha value is -3.00. The van der Waals surface area contributed by atoms with Crippen LogP contribution >= 0.6 is 0 Å². The molecule has 2 atom stereocenters. The average molecular weight is 446 g/mol. The second-order valence-electron chi connectivity index (χ2n) is 8.95. The Morgan fingerprint density at radius 3 is 2.34 bits per heavy atom. The van der Waals surface area contributed by atoms with Gasteiger partial charge >= 0.3 is 0 Å². The molecule has 0 bridgehead atoms. The van der Waals surface area contributed by atoms with Crippen molar-refractivity contribution in [3.05, 3.63) is 65.2 Å². The number of rotatable bonds is 6. The lowest BCUT2D eigenvalue weighted by Gasteiger charge is -2.28. The minimum Gasteiger partial charge on any atom is -0.508 e. The molecular weight excluding hydrogens is 418 g/mol. The number of nitrogens with zero attached hydrogens (tertiary/aromatic N) is 1. The average Bonchev–Trinajstić information content (AvgIpc) is 2.96. The number of nitrogens with one attached hydrogen (secondary N) is 1. The predicted octanol–water partition coefficient (Wildman–Crippen LogP) is 2.91. The maximum atomic E-state index is 14.3. The molecule has 1 aliphatic heterocycles. The Kier molecular flexibility index (Phi) is 6.55. The first-order valence-electron chi connectivity index (χ1n) is 10.4. The number of aliphatic hydroxyl groups excluding tert-OH is 1. The largest absolute Gasteiger partial charge is 0.508 e. The van der Waals surface area contributed by atoms with Gasteiger partial charge in [-0.1, -0.05) is 50.2 Å². The summed E-state index contributed by atoms with van der Waals surface area (Å²) >= 11 is 0. The van der Waals surface area contributed by atoms with E-state index in [0.29, 0.717) is 5.56 Å². The van der Waals surface area contributed by atoms with Crippen LogP contribution in [0.1, 0.15) is 35.3 Å². The summed E-state index contributed by atoms with van der Waals surface area (Å²) in [5, 5.41) is 23.4. The fraction of sp³-hybridized carbons (Fsp3) is 0.417. The number of amides is 2. The van der Waals surface area contributed by atoms with Gasteiger partial charge in [-0.05, 0) is 31.0 Å². The third-order valence-corrected chi connectivity index (χ3v) is 6.08. The van der Waals surface area contributed by atoms with E-state index in [1.165, 1.54) is 32.0 Å². The van der Waals surface area contributed by atoms with Gasteiger partial charge in [-0.3, -0.25) is 9.59 Å². The second kappa shape index (κ2) is 8.86. The highest BCUT2D eigenvalue weighted by Gasteiger charge is 2.56. The van der Waals surface area contributed by atoms with Crippen LogP contribution in [0.3, 0.4) is 0 Å². The van der Waals surface area contributed by atoms with E-state index in [1.807, 2.05) is 6.07 Å². The van der Waals surface area contributed by atoms with E-state index in [9.17, 15) is 28.6 Å². The number of aromatic hydroxyl groups is 1. The van der Waals surface area contributed by atoms with Crippen LogP contribution in [0.25, 0.3) is 0 Å². The van der Waals surface area contributed by atoms with E-state index >= 15 is 0 Å². The number of aliphatic hydroxyl groups is 1. The maximum absolute atomic E-state index is 14.3. The monoisotopic (exact) mass is 446 g/mol. The number of halogens is 2. The van der Waals surface area contributed by atoms with E-state index in [-0.39, 0.29) is 24.3 Å². The Bertz CT molecular complexity index is 979. The number of phenols is 1. The second-order valence-corrected chi connectivity index (χ2v) is 8.95. The van der Waals surface area contributed by atoms with Crippen LogP contribution in [0.2, 0.25) is 0 Å². The van der Waals surface area contributed by atoms with Gasteiger partial charge in [-0.15, -0.1) is 0 Å². The summed E-state index contributed by atoms with van der Waals surface area (Å²) in [6.45, 7) is 3.34. The molecule has 0 saturated carbocycles. The van der Waals surface area contributed by atoms with E-state index in [0.717, 1.165) is 10.5 Å². The summed E-state index contributed by atoms with van der Waals surface area (Å²) in [6, 6.07) is 12.4. The quantitative estimate of drug-likeness (QED) is 0.637. The van der Waals surface area contributed by atoms with Gasteiger partial charge in [-0.2, -0.15) is 0 Å². The lowest BCUT2D eigenvalue weighted by atomic mass is 9.89.